The molecule has 0 atom stereocenters. The number of hydrogen-bond acceptors (Lipinski definition) is 4. The van der Waals surface area contributed by atoms with Crippen molar-refractivity contribution in [3.05, 3.63) is 89.7 Å². The summed E-state index contributed by atoms with van der Waals surface area (Å²) in [7, 11) is 3.96. The molecule has 3 aromatic carbocycles. The second-order valence-electron chi connectivity index (χ2n) is 7.87. The second kappa shape index (κ2) is 11.3. The number of carbonyl (C=O) groups excluding carboxylic acids is 1. The average molecular weight is 449 g/mol. The van der Waals surface area contributed by atoms with Gasteiger partial charge in [0, 0.05) is 12.2 Å². The smallest absolute Gasteiger partial charge is 0.256 e. The van der Waals surface area contributed by atoms with E-state index in [1.165, 1.54) is 12.1 Å². The summed E-state index contributed by atoms with van der Waals surface area (Å²) in [4.78, 5) is 15.5. The maximum Gasteiger partial charge on any atom is 0.256 e. The number of phenolic OH excluding ortho intramolecular Hbond substituents is 1. The molecule has 0 unspecified atom stereocenters. The molecule has 33 heavy (non-hydrogen) atoms. The topological polar surface area (TPSA) is 61.8 Å². The summed E-state index contributed by atoms with van der Waals surface area (Å²) in [6, 6.07) is 20.7. The number of carbonyl (C=O) groups is 1. The zero-order valence-electron chi connectivity index (χ0n) is 19.1. The molecule has 172 valence electrons. The van der Waals surface area contributed by atoms with Crippen molar-refractivity contribution < 1.29 is 19.0 Å². The van der Waals surface area contributed by atoms with Crippen LogP contribution in [-0.4, -0.2) is 43.2 Å². The third kappa shape index (κ3) is 6.43. The van der Waals surface area contributed by atoms with E-state index in [0.717, 1.165) is 17.7 Å². The Morgan fingerprint density at radius 3 is 2.30 bits per heavy atom. The van der Waals surface area contributed by atoms with Crippen molar-refractivity contribution in [2.24, 2.45) is 0 Å². The van der Waals surface area contributed by atoms with Gasteiger partial charge in [0.25, 0.3) is 5.91 Å². The summed E-state index contributed by atoms with van der Waals surface area (Å²) in [5, 5.41) is 12.5. The van der Waals surface area contributed by atoms with Crippen LogP contribution in [0.2, 0.25) is 0 Å². The second-order valence-corrected chi connectivity index (χ2v) is 7.87. The summed E-state index contributed by atoms with van der Waals surface area (Å²) in [5.74, 6) is -0.881. The fraction of sp³-hybridized carbons (Fsp3) is 0.222. The van der Waals surface area contributed by atoms with Gasteiger partial charge < -0.3 is 20.1 Å². The summed E-state index contributed by atoms with van der Waals surface area (Å²) in [5.41, 5.74) is 3.01. The van der Waals surface area contributed by atoms with Gasteiger partial charge in [-0.2, -0.15) is 0 Å². The molecule has 0 bridgehead atoms. The fourth-order valence-corrected chi connectivity index (χ4v) is 3.44. The van der Waals surface area contributed by atoms with Crippen molar-refractivity contribution in [2.45, 2.75) is 13.3 Å². The minimum Gasteiger partial charge on any atom is -0.505 e. The molecule has 0 aliphatic rings. The highest BCUT2D eigenvalue weighted by molar-refractivity contribution is 6.31. The van der Waals surface area contributed by atoms with Crippen LogP contribution in [-0.2, 0) is 4.79 Å². The van der Waals surface area contributed by atoms with E-state index >= 15 is 0 Å². The molecule has 0 aromatic heterocycles. The minimum absolute atomic E-state index is 0.355. The molecule has 0 radical (unpaired) electrons. The highest BCUT2D eigenvalue weighted by atomic mass is 19.1. The Bertz CT molecular complexity index is 1110. The molecule has 0 aliphatic carbocycles. The van der Waals surface area contributed by atoms with E-state index in [0.29, 0.717) is 35.6 Å². The summed E-state index contributed by atoms with van der Waals surface area (Å²) in [6.45, 7) is 3.32. The summed E-state index contributed by atoms with van der Waals surface area (Å²) in [6.07, 6.45) is 0.563. The number of halogens is 1. The van der Waals surface area contributed by atoms with Crippen LogP contribution < -0.4 is 10.1 Å². The average Bonchev–Trinajstić information content (AvgIpc) is 2.80. The van der Waals surface area contributed by atoms with Gasteiger partial charge >= 0.3 is 0 Å². The molecule has 0 fully saturated rings. The van der Waals surface area contributed by atoms with E-state index in [2.05, 4.69) is 5.32 Å². The molecule has 1 amide bonds. The van der Waals surface area contributed by atoms with Crippen molar-refractivity contribution in [1.82, 2.24) is 4.90 Å². The first-order chi connectivity index (χ1) is 15.9. The number of amides is 1. The Hall–Kier alpha value is -3.64. The number of phenols is 1. The van der Waals surface area contributed by atoms with Crippen LogP contribution >= 0.6 is 0 Å². The summed E-state index contributed by atoms with van der Waals surface area (Å²) < 4.78 is 19.9. The van der Waals surface area contributed by atoms with Crippen LogP contribution in [0.25, 0.3) is 11.1 Å². The fourth-order valence-electron chi connectivity index (χ4n) is 3.44. The monoisotopic (exact) mass is 448 g/mol. The van der Waals surface area contributed by atoms with Crippen LogP contribution in [0, 0.1) is 5.82 Å². The highest BCUT2D eigenvalue weighted by Gasteiger charge is 2.20. The van der Waals surface area contributed by atoms with Crippen molar-refractivity contribution >= 4 is 22.7 Å². The van der Waals surface area contributed by atoms with Crippen LogP contribution in [0.15, 0.2) is 72.8 Å². The molecule has 6 heteroatoms. The quantitative estimate of drug-likeness (QED) is 0.338. The zero-order chi connectivity index (χ0) is 23.8. The molecule has 3 aromatic rings. The van der Waals surface area contributed by atoms with Gasteiger partial charge in [0.2, 0.25) is 0 Å². The first-order valence-electron chi connectivity index (χ1n) is 10.9. The molecule has 0 spiro atoms. The number of hydrogen-bond donors (Lipinski definition) is 2. The van der Waals surface area contributed by atoms with E-state index in [1.54, 1.807) is 30.3 Å². The number of allylic oxidation sites excluding steroid dienone is 1. The van der Waals surface area contributed by atoms with Crippen molar-refractivity contribution in [1.29, 1.82) is 0 Å². The van der Waals surface area contributed by atoms with E-state index in [9.17, 15) is 14.3 Å². The summed E-state index contributed by atoms with van der Waals surface area (Å²) >= 11 is 0. The van der Waals surface area contributed by atoms with Crippen LogP contribution in [0.5, 0.6) is 11.5 Å². The van der Waals surface area contributed by atoms with Gasteiger partial charge in [-0.15, -0.1) is 0 Å². The van der Waals surface area contributed by atoms with E-state index < -0.39 is 11.6 Å². The van der Waals surface area contributed by atoms with Crippen LogP contribution in [0.1, 0.15) is 24.5 Å². The van der Waals surface area contributed by atoms with Crippen molar-refractivity contribution in [3.63, 3.8) is 0 Å². The Kier molecular flexibility index (Phi) is 8.22. The van der Waals surface area contributed by atoms with Crippen molar-refractivity contribution in [2.75, 3.05) is 32.6 Å². The van der Waals surface area contributed by atoms with Gasteiger partial charge in [-0.1, -0.05) is 43.3 Å². The van der Waals surface area contributed by atoms with E-state index in [4.69, 9.17) is 4.74 Å². The van der Waals surface area contributed by atoms with Gasteiger partial charge in [0.05, 0.1) is 5.57 Å². The van der Waals surface area contributed by atoms with Crippen LogP contribution in [0.3, 0.4) is 0 Å². The first kappa shape index (κ1) is 24.0. The maximum absolute atomic E-state index is 14.2. The molecule has 0 heterocycles. The Labute approximate surface area is 194 Å². The standard InChI is InChI=1S/C27H29FN2O3/c1-4-23(19-8-6-5-7-9-19)26(20-10-15-25(31)24(28)18-20)27(32)29-21-11-13-22(14-12-21)33-17-16-30(2)3/h5-15,18,31H,4,16-17H2,1-3H3,(H,29,32)/b26-23+. The van der Waals surface area contributed by atoms with Crippen LogP contribution in [0.4, 0.5) is 10.1 Å². The van der Waals surface area contributed by atoms with E-state index in [1.807, 2.05) is 56.3 Å². The zero-order valence-corrected chi connectivity index (χ0v) is 19.1. The Balaban J connectivity index is 1.91. The molecule has 0 saturated heterocycles. The lowest BCUT2D eigenvalue weighted by atomic mass is 9.92. The van der Waals surface area contributed by atoms with Gasteiger partial charge in [0.1, 0.15) is 12.4 Å². The van der Waals surface area contributed by atoms with E-state index in [-0.39, 0.29) is 5.91 Å². The number of ether oxygens (including phenoxy) is 1. The molecule has 0 saturated carbocycles. The highest BCUT2D eigenvalue weighted by Crippen LogP contribution is 2.32. The molecule has 2 N–H and O–H groups in total. The number of likely N-dealkylation sites (N-methyl/N-ethyl adjacent to an activating group) is 1. The Morgan fingerprint density at radius 1 is 1.00 bits per heavy atom. The lowest BCUT2D eigenvalue weighted by Crippen LogP contribution is -2.19. The van der Waals surface area contributed by atoms with Gasteiger partial charge in [0.15, 0.2) is 11.6 Å². The maximum atomic E-state index is 14.2. The minimum atomic E-state index is -0.777. The number of benzene rings is 3. The number of anilines is 1. The SMILES string of the molecule is CC/C(=C(\C(=O)Nc1ccc(OCCN(C)C)cc1)c1ccc(O)c(F)c1)c1ccccc1. The third-order valence-corrected chi connectivity index (χ3v) is 5.16. The number of nitrogens with one attached hydrogen (secondary N) is 1. The molecule has 0 aliphatic heterocycles. The molecule has 5 nitrogen and oxygen atoms in total. The number of aromatic hydroxyl groups is 1. The molecular formula is C27H29FN2O3. The normalized spacial score (nSPS) is 11.8. The predicted molar refractivity (Wildman–Crippen MR) is 131 cm³/mol. The lowest BCUT2D eigenvalue weighted by Gasteiger charge is -2.16. The number of rotatable bonds is 9. The third-order valence-electron chi connectivity index (χ3n) is 5.16. The molecule has 3 rings (SSSR count). The van der Waals surface area contributed by atoms with Gasteiger partial charge in [-0.25, -0.2) is 4.39 Å². The van der Waals surface area contributed by atoms with Gasteiger partial charge in [-0.3, -0.25) is 4.79 Å². The number of nitrogens with zero attached hydrogens (tertiary/aromatic N) is 1. The first-order valence-corrected chi connectivity index (χ1v) is 10.9. The Morgan fingerprint density at radius 2 is 1.70 bits per heavy atom. The molecular weight excluding hydrogens is 419 g/mol. The lowest BCUT2D eigenvalue weighted by molar-refractivity contribution is -0.111. The predicted octanol–water partition coefficient (Wildman–Crippen LogP) is 5.43. The van der Waals surface area contributed by atoms with Gasteiger partial charge in [-0.05, 0) is 73.6 Å². The largest absolute Gasteiger partial charge is 0.505 e. The van der Waals surface area contributed by atoms with Crippen molar-refractivity contribution in [3.8, 4) is 11.5 Å².